The third kappa shape index (κ3) is 5.54. The number of hydrogen-bond donors (Lipinski definition) is 3. The summed E-state index contributed by atoms with van der Waals surface area (Å²) in [4.78, 5) is 31.1. The predicted molar refractivity (Wildman–Crippen MR) is 163 cm³/mol. The normalized spacial score (nSPS) is 13.2. The van der Waals surface area contributed by atoms with E-state index >= 15 is 0 Å². The van der Waals surface area contributed by atoms with E-state index in [1.54, 1.807) is 24.8 Å². The highest BCUT2D eigenvalue weighted by Crippen LogP contribution is 2.36. The van der Waals surface area contributed by atoms with E-state index in [9.17, 15) is 9.18 Å². The highest BCUT2D eigenvalue weighted by molar-refractivity contribution is 6.00. The highest BCUT2D eigenvalue weighted by Gasteiger charge is 2.29. The maximum absolute atomic E-state index is 14.6. The largest absolute Gasteiger partial charge is 0.492 e. The summed E-state index contributed by atoms with van der Waals surface area (Å²) in [5, 5.41) is 12.1. The lowest BCUT2D eigenvalue weighted by Crippen LogP contribution is -2.19. The van der Waals surface area contributed by atoms with Crippen LogP contribution in [0.15, 0.2) is 67.3 Å². The minimum absolute atomic E-state index is 0.0303. The zero-order valence-corrected chi connectivity index (χ0v) is 23.7. The number of aromatic amines is 2. The lowest BCUT2D eigenvalue weighted by molar-refractivity contribution is -0.117. The molecule has 0 bridgehead atoms. The molecule has 1 fully saturated rings. The Labute approximate surface area is 246 Å². The predicted octanol–water partition coefficient (Wildman–Crippen LogP) is 5.66. The molecular weight excluding hydrogens is 547 g/mol. The van der Waals surface area contributed by atoms with Gasteiger partial charge in [0.05, 0.1) is 23.3 Å². The first kappa shape index (κ1) is 26.7. The number of nitrogens with zero attached hydrogens (tertiary/aromatic N) is 5. The lowest BCUT2D eigenvalue weighted by Gasteiger charge is -2.12. The Hall–Kier alpha value is -5.16. The Morgan fingerprint density at radius 3 is 2.72 bits per heavy atom. The van der Waals surface area contributed by atoms with Crippen molar-refractivity contribution in [1.82, 2.24) is 35.0 Å². The minimum atomic E-state index is -0.373. The Balaban J connectivity index is 1.23. The second kappa shape index (κ2) is 10.9. The van der Waals surface area contributed by atoms with Crippen LogP contribution in [0, 0.1) is 11.7 Å². The molecule has 0 spiro atoms. The molecule has 0 saturated heterocycles. The molecule has 1 aliphatic rings. The molecule has 5 aromatic heterocycles. The van der Waals surface area contributed by atoms with Gasteiger partial charge in [-0.25, -0.2) is 14.4 Å². The van der Waals surface area contributed by atoms with Gasteiger partial charge in [0.2, 0.25) is 5.91 Å². The summed E-state index contributed by atoms with van der Waals surface area (Å²) in [5.74, 6) is 0.233. The number of rotatable bonds is 9. The van der Waals surface area contributed by atoms with Crippen LogP contribution in [0.5, 0.6) is 5.75 Å². The Morgan fingerprint density at radius 1 is 1.02 bits per heavy atom. The van der Waals surface area contributed by atoms with Crippen molar-refractivity contribution < 1.29 is 13.9 Å². The number of aromatic nitrogens is 6. The van der Waals surface area contributed by atoms with Crippen LogP contribution in [-0.2, 0) is 4.79 Å². The van der Waals surface area contributed by atoms with Gasteiger partial charge >= 0.3 is 0 Å². The second-order valence-corrected chi connectivity index (χ2v) is 11.1. The summed E-state index contributed by atoms with van der Waals surface area (Å²) >= 11 is 0. The van der Waals surface area contributed by atoms with Crippen molar-refractivity contribution in [2.45, 2.75) is 12.8 Å². The molecular formula is C32H29FN8O2. The third-order valence-electron chi connectivity index (χ3n) is 7.49. The van der Waals surface area contributed by atoms with Gasteiger partial charge in [0.15, 0.2) is 5.65 Å². The smallest absolute Gasteiger partial charge is 0.227 e. The van der Waals surface area contributed by atoms with Gasteiger partial charge in [0.25, 0.3) is 0 Å². The van der Waals surface area contributed by atoms with Gasteiger partial charge in [-0.05, 0) is 74.5 Å². The molecule has 7 rings (SSSR count). The number of benzene rings is 1. The first-order chi connectivity index (χ1) is 20.9. The summed E-state index contributed by atoms with van der Waals surface area (Å²) in [7, 11) is 3.92. The summed E-state index contributed by atoms with van der Waals surface area (Å²) < 4.78 is 20.5. The molecule has 1 aliphatic carbocycles. The molecule has 3 N–H and O–H groups in total. The minimum Gasteiger partial charge on any atom is -0.492 e. The van der Waals surface area contributed by atoms with Crippen molar-refractivity contribution in [1.29, 1.82) is 0 Å². The molecule has 0 aliphatic heterocycles. The van der Waals surface area contributed by atoms with Gasteiger partial charge in [0.1, 0.15) is 23.8 Å². The SMILES string of the molecule is CN(C)CCOc1cc(F)cc(-c2ccnc3[nH]c(-c4[nH]nc5ncc(-c6cncc(NC(=O)C7CC7)c6)cc45)cc23)c1. The second-order valence-electron chi connectivity index (χ2n) is 11.1. The number of carbonyl (C=O) groups excluding carboxylic acids is 1. The molecule has 216 valence electrons. The van der Waals surface area contributed by atoms with E-state index in [0.717, 1.165) is 58.2 Å². The molecule has 5 heterocycles. The number of fused-ring (bicyclic) bond motifs is 2. The summed E-state index contributed by atoms with van der Waals surface area (Å²) in [6, 6.07) is 12.5. The van der Waals surface area contributed by atoms with Crippen LogP contribution in [0.4, 0.5) is 10.1 Å². The van der Waals surface area contributed by atoms with Gasteiger partial charge in [-0.3, -0.25) is 14.9 Å². The molecule has 11 heteroatoms. The maximum Gasteiger partial charge on any atom is 0.227 e. The van der Waals surface area contributed by atoms with E-state index in [1.807, 2.05) is 49.3 Å². The van der Waals surface area contributed by atoms with Crippen molar-refractivity contribution in [3.05, 3.63) is 73.1 Å². The van der Waals surface area contributed by atoms with Crippen LogP contribution in [0.3, 0.4) is 0 Å². The van der Waals surface area contributed by atoms with Gasteiger partial charge in [-0.1, -0.05) is 0 Å². The zero-order chi connectivity index (χ0) is 29.5. The van der Waals surface area contributed by atoms with Gasteiger partial charge < -0.3 is 19.9 Å². The van der Waals surface area contributed by atoms with Crippen molar-refractivity contribution >= 4 is 33.7 Å². The van der Waals surface area contributed by atoms with E-state index in [1.165, 1.54) is 12.1 Å². The maximum atomic E-state index is 14.6. The number of amides is 1. The number of carbonyl (C=O) groups is 1. The van der Waals surface area contributed by atoms with Crippen LogP contribution in [0.1, 0.15) is 12.8 Å². The molecule has 1 saturated carbocycles. The number of ether oxygens (including phenoxy) is 1. The number of likely N-dealkylation sites (N-methyl/N-ethyl adjacent to an activating group) is 1. The Kier molecular flexibility index (Phi) is 6.78. The van der Waals surface area contributed by atoms with E-state index in [4.69, 9.17) is 4.74 Å². The number of anilines is 1. The summed E-state index contributed by atoms with van der Waals surface area (Å²) in [5.41, 5.74) is 6.54. The number of halogens is 1. The first-order valence-corrected chi connectivity index (χ1v) is 14.1. The molecule has 10 nitrogen and oxygen atoms in total. The molecule has 0 unspecified atom stereocenters. The van der Waals surface area contributed by atoms with Crippen molar-refractivity contribution in [2.75, 3.05) is 32.6 Å². The van der Waals surface area contributed by atoms with E-state index in [0.29, 0.717) is 34.9 Å². The van der Waals surface area contributed by atoms with E-state index in [2.05, 4.69) is 35.5 Å². The zero-order valence-electron chi connectivity index (χ0n) is 23.7. The standard InChI is InChI=1S/C32H29FN8O2/c1-41(2)7-8-43-24-11-19(9-22(33)13-24)25-5-6-35-30-26(25)14-28(38-30)29-27-12-21(16-36-31(27)40-39-29)20-10-23(17-34-15-20)37-32(42)18-3-4-18/h5-6,9-18H,3-4,7-8H2,1-2H3,(H,35,38)(H,37,42)(H,36,39,40). The van der Waals surface area contributed by atoms with E-state index < -0.39 is 0 Å². The van der Waals surface area contributed by atoms with Crippen LogP contribution in [-0.4, -0.2) is 68.2 Å². The van der Waals surface area contributed by atoms with Gasteiger partial charge in [0, 0.05) is 59.0 Å². The number of pyridine rings is 3. The Morgan fingerprint density at radius 2 is 1.88 bits per heavy atom. The number of hydrogen-bond acceptors (Lipinski definition) is 7. The fraction of sp³-hybridized carbons (Fsp3) is 0.219. The summed E-state index contributed by atoms with van der Waals surface area (Å²) in [6.45, 7) is 1.18. The molecule has 0 atom stereocenters. The Bertz CT molecular complexity index is 1980. The van der Waals surface area contributed by atoms with Crippen LogP contribution >= 0.6 is 0 Å². The fourth-order valence-corrected chi connectivity index (χ4v) is 5.08. The molecule has 1 amide bonds. The summed E-state index contributed by atoms with van der Waals surface area (Å²) in [6.07, 6.45) is 8.69. The van der Waals surface area contributed by atoms with E-state index in [-0.39, 0.29) is 17.6 Å². The van der Waals surface area contributed by atoms with Gasteiger partial charge in [-0.2, -0.15) is 5.10 Å². The quantitative estimate of drug-likeness (QED) is 0.203. The van der Waals surface area contributed by atoms with Crippen molar-refractivity contribution in [3.63, 3.8) is 0 Å². The average Bonchev–Trinajstić information content (AvgIpc) is 3.62. The van der Waals surface area contributed by atoms with Crippen LogP contribution in [0.2, 0.25) is 0 Å². The molecule has 43 heavy (non-hydrogen) atoms. The monoisotopic (exact) mass is 576 g/mol. The van der Waals surface area contributed by atoms with Crippen LogP contribution in [0.25, 0.3) is 55.7 Å². The number of H-pyrrole nitrogens is 2. The molecule has 1 aromatic carbocycles. The van der Waals surface area contributed by atoms with Crippen molar-refractivity contribution in [2.24, 2.45) is 5.92 Å². The fourth-order valence-electron chi connectivity index (χ4n) is 5.08. The average molecular weight is 577 g/mol. The topological polar surface area (TPSA) is 125 Å². The lowest BCUT2D eigenvalue weighted by atomic mass is 10.0. The molecule has 6 aromatic rings. The highest BCUT2D eigenvalue weighted by atomic mass is 19.1. The van der Waals surface area contributed by atoms with Crippen molar-refractivity contribution in [3.8, 4) is 39.4 Å². The first-order valence-electron chi connectivity index (χ1n) is 14.1. The van der Waals surface area contributed by atoms with Gasteiger partial charge in [-0.15, -0.1) is 0 Å². The third-order valence-corrected chi connectivity index (χ3v) is 7.49. The van der Waals surface area contributed by atoms with Crippen LogP contribution < -0.4 is 10.1 Å². The molecule has 0 radical (unpaired) electrons. The number of nitrogens with one attached hydrogen (secondary N) is 3.